The molecule has 0 aliphatic heterocycles. The van der Waals surface area contributed by atoms with Crippen LogP contribution in [-0.4, -0.2) is 30.4 Å². The lowest BCUT2D eigenvalue weighted by Crippen LogP contribution is -2.40. The van der Waals surface area contributed by atoms with Crippen LogP contribution >= 0.6 is 0 Å². The number of aliphatic hydroxyl groups excluding tert-OH is 1. The van der Waals surface area contributed by atoms with Crippen molar-refractivity contribution >= 4 is 6.03 Å². The first-order chi connectivity index (χ1) is 10.1. The number of amides is 2. The van der Waals surface area contributed by atoms with Crippen molar-refractivity contribution in [2.75, 3.05) is 13.2 Å². The van der Waals surface area contributed by atoms with E-state index in [1.54, 1.807) is 19.1 Å². The Morgan fingerprint density at radius 1 is 1.48 bits per heavy atom. The zero-order valence-electron chi connectivity index (χ0n) is 12.5. The van der Waals surface area contributed by atoms with Gasteiger partial charge in [-0.15, -0.1) is 0 Å². The van der Waals surface area contributed by atoms with Crippen LogP contribution in [0.3, 0.4) is 0 Å². The monoisotopic (exact) mass is 298 g/mol. The van der Waals surface area contributed by atoms with Gasteiger partial charge in [0.05, 0.1) is 6.61 Å². The molecule has 118 valence electrons. The van der Waals surface area contributed by atoms with Crippen molar-refractivity contribution in [3.63, 3.8) is 0 Å². The molecule has 6 heteroatoms. The first-order valence-electron chi connectivity index (χ1n) is 7.13. The van der Waals surface area contributed by atoms with Crippen molar-refractivity contribution in [3.05, 3.63) is 29.6 Å². The lowest BCUT2D eigenvalue weighted by molar-refractivity contribution is 0.234. The van der Waals surface area contributed by atoms with E-state index in [-0.39, 0.29) is 31.0 Å². The Morgan fingerprint density at radius 2 is 2.24 bits per heavy atom. The zero-order valence-corrected chi connectivity index (χ0v) is 12.5. The number of hydrogen-bond acceptors (Lipinski definition) is 3. The van der Waals surface area contributed by atoms with E-state index in [4.69, 9.17) is 9.84 Å². The second-order valence-corrected chi connectivity index (χ2v) is 4.79. The van der Waals surface area contributed by atoms with Crippen LogP contribution in [0, 0.1) is 5.82 Å². The minimum atomic E-state index is -0.437. The van der Waals surface area contributed by atoms with Crippen LogP contribution in [0.2, 0.25) is 0 Å². The van der Waals surface area contributed by atoms with E-state index >= 15 is 0 Å². The molecule has 5 nitrogen and oxygen atoms in total. The van der Waals surface area contributed by atoms with Crippen LogP contribution < -0.4 is 15.4 Å². The van der Waals surface area contributed by atoms with E-state index in [2.05, 4.69) is 10.6 Å². The third-order valence-electron chi connectivity index (χ3n) is 2.92. The molecule has 0 saturated heterocycles. The normalized spacial score (nSPS) is 11.8. The molecule has 3 N–H and O–H groups in total. The van der Waals surface area contributed by atoms with Crippen LogP contribution in [0.25, 0.3) is 0 Å². The molecule has 1 unspecified atom stereocenters. The summed E-state index contributed by atoms with van der Waals surface area (Å²) < 4.78 is 18.7. The van der Waals surface area contributed by atoms with Crippen LogP contribution in [-0.2, 0) is 6.54 Å². The van der Waals surface area contributed by atoms with Gasteiger partial charge < -0.3 is 20.5 Å². The van der Waals surface area contributed by atoms with E-state index in [1.165, 1.54) is 6.07 Å². The Morgan fingerprint density at radius 3 is 2.86 bits per heavy atom. The maximum atomic E-state index is 13.6. The smallest absolute Gasteiger partial charge is 0.315 e. The van der Waals surface area contributed by atoms with Gasteiger partial charge in [0, 0.05) is 19.2 Å². The van der Waals surface area contributed by atoms with Gasteiger partial charge in [0.25, 0.3) is 0 Å². The van der Waals surface area contributed by atoms with Gasteiger partial charge in [-0.25, -0.2) is 9.18 Å². The molecule has 0 bridgehead atoms. The average Bonchev–Trinajstić information content (AvgIpc) is 2.45. The number of halogens is 1. The molecule has 0 fully saturated rings. The highest BCUT2D eigenvalue weighted by atomic mass is 19.1. The number of rotatable bonds is 8. The second kappa shape index (κ2) is 9.18. The van der Waals surface area contributed by atoms with E-state index in [9.17, 15) is 9.18 Å². The molecule has 0 aliphatic rings. The standard InChI is InChI=1S/C15H23FN2O3/c1-3-21-14-7-6-12(9-13(14)16)10-17-15(20)18-11(2)5-4-8-19/h6-7,9,11,19H,3-5,8,10H2,1-2H3,(H2,17,18,20). The van der Waals surface area contributed by atoms with E-state index in [1.807, 2.05) is 6.92 Å². The fraction of sp³-hybridized carbons (Fsp3) is 0.533. The summed E-state index contributed by atoms with van der Waals surface area (Å²) in [6.45, 7) is 4.41. The third-order valence-corrected chi connectivity index (χ3v) is 2.92. The minimum absolute atomic E-state index is 0.0192. The lowest BCUT2D eigenvalue weighted by Gasteiger charge is -2.14. The van der Waals surface area contributed by atoms with Gasteiger partial charge in [-0.2, -0.15) is 0 Å². The van der Waals surface area contributed by atoms with Gasteiger partial charge in [-0.05, 0) is 44.4 Å². The SMILES string of the molecule is CCOc1ccc(CNC(=O)NC(C)CCCO)cc1F. The number of urea groups is 1. The molecular formula is C15H23FN2O3. The molecule has 0 heterocycles. The Kier molecular flexibility index (Phi) is 7.53. The lowest BCUT2D eigenvalue weighted by atomic mass is 10.2. The molecular weight excluding hydrogens is 275 g/mol. The van der Waals surface area contributed by atoms with Crippen LogP contribution in [0.4, 0.5) is 9.18 Å². The van der Waals surface area contributed by atoms with Crippen molar-refractivity contribution in [3.8, 4) is 5.75 Å². The van der Waals surface area contributed by atoms with E-state index in [0.717, 1.165) is 0 Å². The number of ether oxygens (including phenoxy) is 1. The highest BCUT2D eigenvalue weighted by Crippen LogP contribution is 2.18. The quantitative estimate of drug-likeness (QED) is 0.689. The van der Waals surface area contributed by atoms with Crippen LogP contribution in [0.5, 0.6) is 5.75 Å². The number of nitrogens with one attached hydrogen (secondary N) is 2. The number of hydrogen-bond donors (Lipinski definition) is 3. The fourth-order valence-corrected chi connectivity index (χ4v) is 1.85. The molecule has 0 aromatic heterocycles. The molecule has 1 aromatic carbocycles. The summed E-state index contributed by atoms with van der Waals surface area (Å²) in [6, 6.07) is 4.28. The Bertz CT molecular complexity index is 455. The van der Waals surface area contributed by atoms with E-state index in [0.29, 0.717) is 25.0 Å². The van der Waals surface area contributed by atoms with Gasteiger partial charge in [-0.1, -0.05) is 6.07 Å². The molecule has 0 saturated carbocycles. The Hall–Kier alpha value is -1.82. The molecule has 1 aromatic rings. The summed E-state index contributed by atoms with van der Waals surface area (Å²) in [6.07, 6.45) is 1.35. The first kappa shape index (κ1) is 17.2. The third kappa shape index (κ3) is 6.44. The molecule has 1 rings (SSSR count). The second-order valence-electron chi connectivity index (χ2n) is 4.79. The van der Waals surface area contributed by atoms with E-state index < -0.39 is 5.82 Å². The summed E-state index contributed by atoms with van der Waals surface area (Å²) in [5, 5.41) is 14.1. The summed E-state index contributed by atoms with van der Waals surface area (Å²) in [7, 11) is 0. The fourth-order valence-electron chi connectivity index (χ4n) is 1.85. The topological polar surface area (TPSA) is 70.6 Å². The molecule has 0 aliphatic carbocycles. The predicted molar refractivity (Wildman–Crippen MR) is 78.7 cm³/mol. The van der Waals surface area contributed by atoms with Crippen molar-refractivity contribution < 1.29 is 19.0 Å². The van der Waals surface area contributed by atoms with Crippen LogP contribution in [0.15, 0.2) is 18.2 Å². The number of carbonyl (C=O) groups excluding carboxylic acids is 1. The Labute approximate surface area is 124 Å². The number of benzene rings is 1. The highest BCUT2D eigenvalue weighted by Gasteiger charge is 2.08. The molecule has 2 amide bonds. The van der Waals surface area contributed by atoms with Crippen molar-refractivity contribution in [2.45, 2.75) is 39.3 Å². The maximum absolute atomic E-state index is 13.6. The van der Waals surface area contributed by atoms with Crippen molar-refractivity contribution in [2.24, 2.45) is 0 Å². The van der Waals surface area contributed by atoms with Gasteiger partial charge in [-0.3, -0.25) is 0 Å². The van der Waals surface area contributed by atoms with Gasteiger partial charge in [0.2, 0.25) is 0 Å². The van der Waals surface area contributed by atoms with Crippen LogP contribution in [0.1, 0.15) is 32.3 Å². The Balaban J connectivity index is 2.40. The maximum Gasteiger partial charge on any atom is 0.315 e. The first-order valence-corrected chi connectivity index (χ1v) is 7.13. The summed E-state index contributed by atoms with van der Waals surface area (Å²) >= 11 is 0. The molecule has 1 atom stereocenters. The highest BCUT2D eigenvalue weighted by molar-refractivity contribution is 5.74. The largest absolute Gasteiger partial charge is 0.491 e. The minimum Gasteiger partial charge on any atom is -0.491 e. The van der Waals surface area contributed by atoms with Gasteiger partial charge in [0.15, 0.2) is 11.6 Å². The van der Waals surface area contributed by atoms with Crippen molar-refractivity contribution in [1.29, 1.82) is 0 Å². The van der Waals surface area contributed by atoms with Gasteiger partial charge >= 0.3 is 6.03 Å². The molecule has 0 spiro atoms. The summed E-state index contributed by atoms with van der Waals surface area (Å²) in [5.41, 5.74) is 0.661. The van der Waals surface area contributed by atoms with Crippen molar-refractivity contribution in [1.82, 2.24) is 10.6 Å². The number of carbonyl (C=O) groups is 1. The average molecular weight is 298 g/mol. The molecule has 0 radical (unpaired) electrons. The van der Waals surface area contributed by atoms with Gasteiger partial charge in [0.1, 0.15) is 0 Å². The molecule has 21 heavy (non-hydrogen) atoms. The summed E-state index contributed by atoms with van der Waals surface area (Å²) in [4.78, 5) is 11.6. The zero-order chi connectivity index (χ0) is 15.7. The summed E-state index contributed by atoms with van der Waals surface area (Å²) in [5.74, 6) is -0.226. The number of aliphatic hydroxyl groups is 1. The predicted octanol–water partition coefficient (Wildman–Crippen LogP) is 2.18.